The van der Waals surface area contributed by atoms with Gasteiger partial charge in [-0.15, -0.1) is 0 Å². The van der Waals surface area contributed by atoms with Crippen LogP contribution in [0.3, 0.4) is 0 Å². The molecule has 0 radical (unpaired) electrons. The highest BCUT2D eigenvalue weighted by Gasteiger charge is 2.17. The van der Waals surface area contributed by atoms with Crippen molar-refractivity contribution in [3.63, 3.8) is 0 Å². The number of nitro groups is 1. The van der Waals surface area contributed by atoms with Gasteiger partial charge in [0, 0.05) is 17.3 Å². The molecule has 2 aromatic rings. The Balaban J connectivity index is 2.28. The number of benzene rings is 2. The predicted molar refractivity (Wildman–Crippen MR) is 72.1 cm³/mol. The van der Waals surface area contributed by atoms with E-state index in [9.17, 15) is 23.7 Å². The summed E-state index contributed by atoms with van der Waals surface area (Å²) < 4.78 is 26.4. The topological polar surface area (TPSA) is 72.2 Å². The lowest BCUT2D eigenvalue weighted by Gasteiger charge is -2.06. The highest BCUT2D eigenvalue weighted by Crippen LogP contribution is 2.20. The van der Waals surface area contributed by atoms with Crippen molar-refractivity contribution in [1.29, 1.82) is 0 Å². The van der Waals surface area contributed by atoms with Crippen molar-refractivity contribution < 1.29 is 18.5 Å². The van der Waals surface area contributed by atoms with Crippen molar-refractivity contribution in [2.45, 2.75) is 6.92 Å². The van der Waals surface area contributed by atoms with Crippen molar-refractivity contribution in [1.82, 2.24) is 0 Å². The molecule has 2 aromatic carbocycles. The second-order valence-corrected chi connectivity index (χ2v) is 4.39. The molecule has 0 saturated heterocycles. The van der Waals surface area contributed by atoms with Crippen LogP contribution in [0.4, 0.5) is 20.2 Å². The van der Waals surface area contributed by atoms with Gasteiger partial charge in [0.2, 0.25) is 5.82 Å². The van der Waals surface area contributed by atoms with E-state index in [1.54, 1.807) is 13.0 Å². The molecule has 21 heavy (non-hydrogen) atoms. The lowest BCUT2D eigenvalue weighted by Crippen LogP contribution is -2.12. The third-order valence-electron chi connectivity index (χ3n) is 2.71. The third-order valence-corrected chi connectivity index (χ3v) is 2.71. The Hall–Kier alpha value is -2.83. The van der Waals surface area contributed by atoms with E-state index >= 15 is 0 Å². The van der Waals surface area contributed by atoms with Crippen LogP contribution in [0.5, 0.6) is 0 Å². The Bertz CT molecular complexity index is 712. The van der Waals surface area contributed by atoms with Gasteiger partial charge in [-0.25, -0.2) is 4.39 Å². The second kappa shape index (κ2) is 5.66. The van der Waals surface area contributed by atoms with Crippen LogP contribution in [-0.4, -0.2) is 10.8 Å². The van der Waals surface area contributed by atoms with Crippen molar-refractivity contribution in [3.8, 4) is 0 Å². The standard InChI is InChI=1S/C14H10F2N2O3/c1-8-4-10(15)7-11(5-8)17-14(19)9-2-3-12(16)13(6-9)18(20)21/h2-7H,1H3,(H,17,19). The summed E-state index contributed by atoms with van der Waals surface area (Å²) in [6, 6.07) is 6.73. The summed E-state index contributed by atoms with van der Waals surface area (Å²) in [4.78, 5) is 21.7. The Labute approximate surface area is 118 Å². The summed E-state index contributed by atoms with van der Waals surface area (Å²) in [5.74, 6) is -2.24. The molecule has 0 spiro atoms. The minimum atomic E-state index is -1.03. The average Bonchev–Trinajstić information content (AvgIpc) is 2.37. The first-order valence-electron chi connectivity index (χ1n) is 5.89. The summed E-state index contributed by atoms with van der Waals surface area (Å²) in [6.45, 7) is 1.65. The number of nitro benzene ring substituents is 1. The Morgan fingerprint density at radius 3 is 2.52 bits per heavy atom. The van der Waals surface area contributed by atoms with Crippen LogP contribution in [0.25, 0.3) is 0 Å². The van der Waals surface area contributed by atoms with Gasteiger partial charge in [-0.3, -0.25) is 14.9 Å². The zero-order valence-electron chi connectivity index (χ0n) is 10.9. The van der Waals surface area contributed by atoms with Gasteiger partial charge in [0.1, 0.15) is 5.82 Å². The van der Waals surface area contributed by atoms with Gasteiger partial charge in [0.05, 0.1) is 4.92 Å². The van der Waals surface area contributed by atoms with Crippen molar-refractivity contribution >= 4 is 17.3 Å². The van der Waals surface area contributed by atoms with Crippen molar-refractivity contribution in [2.24, 2.45) is 0 Å². The summed E-state index contributed by atoms with van der Waals surface area (Å²) in [6.07, 6.45) is 0. The third kappa shape index (κ3) is 3.38. The number of aryl methyl sites for hydroxylation is 1. The van der Waals surface area contributed by atoms with Crippen LogP contribution >= 0.6 is 0 Å². The number of hydrogen-bond acceptors (Lipinski definition) is 3. The summed E-state index contributed by atoms with van der Waals surface area (Å²) in [5, 5.41) is 13.0. The van der Waals surface area contributed by atoms with Gasteiger partial charge in [-0.2, -0.15) is 4.39 Å². The van der Waals surface area contributed by atoms with Crippen LogP contribution in [0.2, 0.25) is 0 Å². The number of hydrogen-bond donors (Lipinski definition) is 1. The van der Waals surface area contributed by atoms with E-state index in [1.807, 2.05) is 0 Å². The van der Waals surface area contributed by atoms with Crippen LogP contribution in [0, 0.1) is 28.7 Å². The van der Waals surface area contributed by atoms with E-state index in [1.165, 1.54) is 6.07 Å². The Kier molecular flexibility index (Phi) is 3.93. The van der Waals surface area contributed by atoms with Gasteiger partial charge in [0.15, 0.2) is 0 Å². The molecule has 0 aromatic heterocycles. The maximum absolute atomic E-state index is 13.2. The van der Waals surface area contributed by atoms with E-state index in [4.69, 9.17) is 0 Å². The minimum Gasteiger partial charge on any atom is -0.322 e. The maximum Gasteiger partial charge on any atom is 0.305 e. The number of anilines is 1. The smallest absolute Gasteiger partial charge is 0.305 e. The number of nitrogens with one attached hydrogen (secondary N) is 1. The molecule has 0 heterocycles. The zero-order valence-corrected chi connectivity index (χ0v) is 10.9. The van der Waals surface area contributed by atoms with Crippen molar-refractivity contribution in [2.75, 3.05) is 5.32 Å². The monoisotopic (exact) mass is 292 g/mol. The molecule has 7 heteroatoms. The normalized spacial score (nSPS) is 10.2. The van der Waals surface area contributed by atoms with E-state index < -0.39 is 28.2 Å². The van der Waals surface area contributed by atoms with E-state index in [-0.39, 0.29) is 11.3 Å². The molecule has 0 atom stereocenters. The summed E-state index contributed by atoms with van der Waals surface area (Å²) in [5.41, 5.74) is -0.0667. The first-order valence-corrected chi connectivity index (χ1v) is 5.89. The van der Waals surface area contributed by atoms with Crippen molar-refractivity contribution in [3.05, 3.63) is 69.3 Å². The second-order valence-electron chi connectivity index (χ2n) is 4.39. The SMILES string of the molecule is Cc1cc(F)cc(NC(=O)c2ccc(F)c([N+](=O)[O-])c2)c1. The molecule has 0 fully saturated rings. The highest BCUT2D eigenvalue weighted by atomic mass is 19.1. The quantitative estimate of drug-likeness (QED) is 0.695. The van der Waals surface area contributed by atoms with Crippen LogP contribution in [0.1, 0.15) is 15.9 Å². The first kappa shape index (κ1) is 14.6. The molecule has 0 aliphatic rings. The fourth-order valence-electron chi connectivity index (χ4n) is 1.81. The molecule has 0 bridgehead atoms. The van der Waals surface area contributed by atoms with Gasteiger partial charge >= 0.3 is 5.69 Å². The number of amides is 1. The Morgan fingerprint density at radius 1 is 1.19 bits per heavy atom. The molecule has 108 valence electrons. The molecule has 1 N–H and O–H groups in total. The predicted octanol–water partition coefficient (Wildman–Crippen LogP) is 3.43. The fourth-order valence-corrected chi connectivity index (χ4v) is 1.81. The lowest BCUT2D eigenvalue weighted by atomic mass is 10.1. The van der Waals surface area contributed by atoms with E-state index in [0.717, 1.165) is 24.3 Å². The number of nitrogens with zero attached hydrogens (tertiary/aromatic N) is 1. The molecular weight excluding hydrogens is 282 g/mol. The highest BCUT2D eigenvalue weighted by molar-refractivity contribution is 6.04. The number of carbonyl (C=O) groups excluding carboxylic acids is 1. The Morgan fingerprint density at radius 2 is 1.90 bits per heavy atom. The van der Waals surface area contributed by atoms with Crippen LogP contribution in [-0.2, 0) is 0 Å². The largest absolute Gasteiger partial charge is 0.322 e. The summed E-state index contributed by atoms with van der Waals surface area (Å²) in [7, 11) is 0. The first-order chi connectivity index (χ1) is 9.86. The maximum atomic E-state index is 13.2. The molecule has 0 saturated carbocycles. The van der Waals surface area contributed by atoms with E-state index in [0.29, 0.717) is 5.56 Å². The molecule has 0 aliphatic heterocycles. The van der Waals surface area contributed by atoms with Gasteiger partial charge < -0.3 is 5.32 Å². The average molecular weight is 292 g/mol. The number of halogens is 2. The summed E-state index contributed by atoms with van der Waals surface area (Å²) >= 11 is 0. The lowest BCUT2D eigenvalue weighted by molar-refractivity contribution is -0.387. The van der Waals surface area contributed by atoms with Gasteiger partial charge in [-0.1, -0.05) is 0 Å². The zero-order chi connectivity index (χ0) is 15.6. The van der Waals surface area contributed by atoms with Crippen LogP contribution < -0.4 is 5.32 Å². The van der Waals surface area contributed by atoms with Gasteiger partial charge in [-0.05, 0) is 42.8 Å². The molecule has 2 rings (SSSR count). The number of carbonyl (C=O) groups is 1. The van der Waals surface area contributed by atoms with Crippen LogP contribution in [0.15, 0.2) is 36.4 Å². The van der Waals surface area contributed by atoms with Gasteiger partial charge in [0.25, 0.3) is 5.91 Å². The van der Waals surface area contributed by atoms with E-state index in [2.05, 4.69) is 5.32 Å². The molecule has 5 nitrogen and oxygen atoms in total. The molecular formula is C14H10F2N2O3. The number of rotatable bonds is 3. The molecule has 0 aliphatic carbocycles. The molecule has 0 unspecified atom stereocenters. The fraction of sp³-hybridized carbons (Fsp3) is 0.0714. The molecule has 1 amide bonds. The minimum absolute atomic E-state index is 0.0926.